The van der Waals surface area contributed by atoms with E-state index < -0.39 is 12.1 Å². The number of amides is 1. The summed E-state index contributed by atoms with van der Waals surface area (Å²) in [5.41, 5.74) is 1.00. The quantitative estimate of drug-likeness (QED) is 0.905. The zero-order valence-electron chi connectivity index (χ0n) is 13.1. The van der Waals surface area contributed by atoms with Gasteiger partial charge in [-0.3, -0.25) is 9.59 Å². The maximum absolute atomic E-state index is 12.9. The van der Waals surface area contributed by atoms with E-state index in [9.17, 15) is 9.59 Å². The van der Waals surface area contributed by atoms with Gasteiger partial charge in [-0.15, -0.1) is 0 Å². The number of morpholine rings is 1. The molecule has 0 radical (unpaired) electrons. The molecule has 1 aliphatic rings. The number of hydrogen-bond donors (Lipinski definition) is 1. The van der Waals surface area contributed by atoms with Crippen LogP contribution in [-0.4, -0.2) is 47.7 Å². The van der Waals surface area contributed by atoms with Crippen molar-refractivity contribution in [3.63, 3.8) is 0 Å². The Morgan fingerprint density at radius 1 is 1.32 bits per heavy atom. The molecule has 0 aliphatic carbocycles. The molecular formula is C17H23NO4. The highest BCUT2D eigenvalue weighted by Crippen LogP contribution is 2.27. The Morgan fingerprint density at radius 3 is 2.59 bits per heavy atom. The van der Waals surface area contributed by atoms with Crippen molar-refractivity contribution in [2.24, 2.45) is 5.92 Å². The summed E-state index contributed by atoms with van der Waals surface area (Å²) in [5.74, 6) is -0.872. The van der Waals surface area contributed by atoms with Gasteiger partial charge in [0.15, 0.2) is 0 Å². The molecule has 1 N–H and O–H groups in total. The van der Waals surface area contributed by atoms with Crippen LogP contribution in [-0.2, 0) is 14.3 Å². The van der Waals surface area contributed by atoms with E-state index in [0.717, 1.165) is 5.56 Å². The van der Waals surface area contributed by atoms with Gasteiger partial charge in [0.1, 0.15) is 0 Å². The normalized spacial score (nSPS) is 20.0. The van der Waals surface area contributed by atoms with Gasteiger partial charge < -0.3 is 14.7 Å². The lowest BCUT2D eigenvalue weighted by atomic mass is 9.87. The summed E-state index contributed by atoms with van der Waals surface area (Å²) in [6.45, 7) is 5.32. The number of hydrogen-bond acceptors (Lipinski definition) is 3. The van der Waals surface area contributed by atoms with E-state index >= 15 is 0 Å². The number of rotatable bonds is 5. The minimum Gasteiger partial charge on any atom is -0.481 e. The number of carboxylic acid groups (broad SMARTS) is 1. The zero-order valence-corrected chi connectivity index (χ0v) is 13.1. The van der Waals surface area contributed by atoms with E-state index in [1.807, 2.05) is 44.2 Å². The van der Waals surface area contributed by atoms with Crippen LogP contribution >= 0.6 is 0 Å². The van der Waals surface area contributed by atoms with Crippen LogP contribution in [0.15, 0.2) is 30.3 Å². The highest BCUT2D eigenvalue weighted by atomic mass is 16.5. The summed E-state index contributed by atoms with van der Waals surface area (Å²) in [5, 5.41) is 8.88. The maximum Gasteiger partial charge on any atom is 0.306 e. The summed E-state index contributed by atoms with van der Waals surface area (Å²) in [4.78, 5) is 25.5. The van der Waals surface area contributed by atoms with E-state index in [-0.39, 0.29) is 24.2 Å². The summed E-state index contributed by atoms with van der Waals surface area (Å²) < 4.78 is 5.44. The lowest BCUT2D eigenvalue weighted by Gasteiger charge is -2.35. The van der Waals surface area contributed by atoms with Gasteiger partial charge in [-0.05, 0) is 11.5 Å². The van der Waals surface area contributed by atoms with E-state index in [1.54, 1.807) is 4.90 Å². The van der Waals surface area contributed by atoms with Crippen molar-refractivity contribution in [3.8, 4) is 0 Å². The molecule has 2 rings (SSSR count). The molecule has 120 valence electrons. The van der Waals surface area contributed by atoms with Crippen molar-refractivity contribution >= 4 is 11.9 Å². The third kappa shape index (κ3) is 4.07. The minimum absolute atomic E-state index is 0.0555. The number of ether oxygens (including phenoxy) is 1. The topological polar surface area (TPSA) is 66.8 Å². The lowest BCUT2D eigenvalue weighted by Crippen LogP contribution is -2.48. The first kappa shape index (κ1) is 16.5. The van der Waals surface area contributed by atoms with Crippen molar-refractivity contribution in [2.45, 2.75) is 32.3 Å². The summed E-state index contributed by atoms with van der Waals surface area (Å²) in [6.07, 6.45) is -0.486. The molecule has 1 aliphatic heterocycles. The second kappa shape index (κ2) is 7.40. The number of aliphatic carboxylic acids is 1. The van der Waals surface area contributed by atoms with Crippen LogP contribution in [0.25, 0.3) is 0 Å². The Kier molecular flexibility index (Phi) is 5.55. The fourth-order valence-corrected chi connectivity index (χ4v) is 2.91. The van der Waals surface area contributed by atoms with Crippen LogP contribution in [0.2, 0.25) is 0 Å². The van der Waals surface area contributed by atoms with E-state index in [2.05, 4.69) is 0 Å². The fraction of sp³-hybridized carbons (Fsp3) is 0.529. The van der Waals surface area contributed by atoms with Crippen LogP contribution in [0.4, 0.5) is 0 Å². The van der Waals surface area contributed by atoms with Crippen molar-refractivity contribution < 1.29 is 19.4 Å². The average Bonchev–Trinajstić information content (AvgIpc) is 2.47. The molecular weight excluding hydrogens is 282 g/mol. The number of carbonyl (C=O) groups excluding carboxylic acids is 1. The Morgan fingerprint density at radius 2 is 2.00 bits per heavy atom. The second-order valence-electron chi connectivity index (χ2n) is 6.01. The largest absolute Gasteiger partial charge is 0.481 e. The zero-order chi connectivity index (χ0) is 16.1. The molecule has 2 atom stereocenters. The van der Waals surface area contributed by atoms with Crippen LogP contribution in [0.3, 0.4) is 0 Å². The first-order valence-electron chi connectivity index (χ1n) is 7.66. The van der Waals surface area contributed by atoms with E-state index in [1.165, 1.54) is 0 Å². The molecule has 0 saturated carbocycles. The smallest absolute Gasteiger partial charge is 0.306 e. The third-order valence-electron chi connectivity index (χ3n) is 3.94. The van der Waals surface area contributed by atoms with Gasteiger partial charge in [-0.25, -0.2) is 0 Å². The maximum atomic E-state index is 12.9. The average molecular weight is 305 g/mol. The molecule has 0 aromatic heterocycles. The lowest BCUT2D eigenvalue weighted by molar-refractivity contribution is -0.149. The molecule has 0 bridgehead atoms. The van der Waals surface area contributed by atoms with Gasteiger partial charge in [0.25, 0.3) is 0 Å². The van der Waals surface area contributed by atoms with E-state index in [0.29, 0.717) is 19.7 Å². The molecule has 5 nitrogen and oxygen atoms in total. The van der Waals surface area contributed by atoms with E-state index in [4.69, 9.17) is 9.84 Å². The first-order valence-corrected chi connectivity index (χ1v) is 7.66. The van der Waals surface area contributed by atoms with Crippen LogP contribution in [0.5, 0.6) is 0 Å². The van der Waals surface area contributed by atoms with Gasteiger partial charge in [-0.2, -0.15) is 0 Å². The Hall–Kier alpha value is -1.88. The molecule has 1 aromatic carbocycles. The molecule has 0 unspecified atom stereocenters. The Labute approximate surface area is 130 Å². The number of carboxylic acids is 1. The molecule has 1 saturated heterocycles. The summed E-state index contributed by atoms with van der Waals surface area (Å²) >= 11 is 0. The molecule has 0 spiro atoms. The molecule has 1 heterocycles. The summed E-state index contributed by atoms with van der Waals surface area (Å²) in [6, 6.07) is 9.74. The van der Waals surface area contributed by atoms with Gasteiger partial charge in [0, 0.05) is 13.1 Å². The Balaban J connectivity index is 2.12. The second-order valence-corrected chi connectivity index (χ2v) is 6.01. The van der Waals surface area contributed by atoms with Crippen molar-refractivity contribution in [2.75, 3.05) is 19.7 Å². The third-order valence-corrected chi connectivity index (χ3v) is 3.94. The number of nitrogens with zero attached hydrogens (tertiary/aromatic N) is 1. The predicted octanol–water partition coefficient (Wildman–Crippen LogP) is 2.13. The number of carbonyl (C=O) groups is 2. The fourth-order valence-electron chi connectivity index (χ4n) is 2.91. The molecule has 22 heavy (non-hydrogen) atoms. The van der Waals surface area contributed by atoms with Crippen molar-refractivity contribution in [3.05, 3.63) is 35.9 Å². The highest BCUT2D eigenvalue weighted by Gasteiger charge is 2.32. The minimum atomic E-state index is -0.900. The van der Waals surface area contributed by atoms with Crippen LogP contribution in [0, 0.1) is 5.92 Å². The highest BCUT2D eigenvalue weighted by molar-refractivity contribution is 5.84. The SMILES string of the molecule is CC(C)[C@H](C(=O)N1CCO[C@@H](CC(=O)O)C1)c1ccccc1. The molecule has 5 heteroatoms. The van der Waals surface area contributed by atoms with Gasteiger partial charge in [-0.1, -0.05) is 44.2 Å². The van der Waals surface area contributed by atoms with Gasteiger partial charge in [0.05, 0.1) is 25.0 Å². The van der Waals surface area contributed by atoms with Crippen molar-refractivity contribution in [1.82, 2.24) is 4.90 Å². The predicted molar refractivity (Wildman–Crippen MR) is 82.6 cm³/mol. The molecule has 1 aromatic rings. The van der Waals surface area contributed by atoms with Gasteiger partial charge >= 0.3 is 5.97 Å². The standard InChI is InChI=1S/C17H23NO4/c1-12(2)16(13-6-4-3-5-7-13)17(21)18-8-9-22-14(11-18)10-15(19)20/h3-7,12,14,16H,8-11H2,1-2H3,(H,19,20)/t14-,16-/m0/s1. The monoisotopic (exact) mass is 305 g/mol. The molecule has 1 amide bonds. The molecule has 1 fully saturated rings. The first-order chi connectivity index (χ1) is 10.5. The van der Waals surface area contributed by atoms with Crippen LogP contribution in [0.1, 0.15) is 31.7 Å². The van der Waals surface area contributed by atoms with Crippen LogP contribution < -0.4 is 0 Å². The number of benzene rings is 1. The Bertz CT molecular complexity index is 515. The summed E-state index contributed by atoms with van der Waals surface area (Å²) in [7, 11) is 0. The van der Waals surface area contributed by atoms with Crippen molar-refractivity contribution in [1.29, 1.82) is 0 Å². The van der Waals surface area contributed by atoms with Gasteiger partial charge in [0.2, 0.25) is 5.91 Å².